The predicted octanol–water partition coefficient (Wildman–Crippen LogP) is 3.80. The van der Waals surface area contributed by atoms with Gasteiger partial charge < -0.3 is 4.74 Å². The highest BCUT2D eigenvalue weighted by Crippen LogP contribution is 2.49. The fraction of sp³-hybridized carbons (Fsp3) is 0.625. The first-order chi connectivity index (χ1) is 9.89. The number of hydrogen-bond acceptors (Lipinski definition) is 4. The average Bonchev–Trinajstić information content (AvgIpc) is 3.13. The van der Waals surface area contributed by atoms with E-state index in [0.717, 1.165) is 30.4 Å². The van der Waals surface area contributed by atoms with E-state index in [0.29, 0.717) is 12.5 Å². The summed E-state index contributed by atoms with van der Waals surface area (Å²) in [5, 5.41) is 0. The molecule has 0 radical (unpaired) electrons. The Hall–Kier alpha value is -1.36. The normalized spacial score (nSPS) is 21.9. The maximum atomic E-state index is 12.5. The third-order valence-electron chi connectivity index (χ3n) is 3.90. The molecular formula is C16H21NO3S. The van der Waals surface area contributed by atoms with Crippen molar-refractivity contribution in [2.75, 3.05) is 6.54 Å². The Labute approximate surface area is 129 Å². The Bertz CT molecular complexity index is 569. The number of thiophene rings is 1. The molecule has 1 aliphatic heterocycles. The number of amides is 1. The first-order valence-corrected chi connectivity index (χ1v) is 8.28. The van der Waals surface area contributed by atoms with Crippen LogP contribution in [0.2, 0.25) is 0 Å². The molecule has 2 heterocycles. The molecule has 114 valence electrons. The standard InChI is InChI=1S/C16H21NO3S/c1-16(2,3)20-15(19)17-7-6-11-8-12(9-18)21-14(11)13(17)10-4-5-10/h8-10,13H,4-7H2,1-3H3. The van der Waals surface area contributed by atoms with Crippen LogP contribution in [-0.4, -0.2) is 29.4 Å². The van der Waals surface area contributed by atoms with Gasteiger partial charge >= 0.3 is 6.09 Å². The van der Waals surface area contributed by atoms with Crippen LogP contribution < -0.4 is 0 Å². The zero-order chi connectivity index (χ0) is 15.2. The van der Waals surface area contributed by atoms with Crippen LogP contribution in [0.4, 0.5) is 4.79 Å². The molecule has 1 atom stereocenters. The summed E-state index contributed by atoms with van der Waals surface area (Å²) in [5.74, 6) is 0.523. The molecule has 0 N–H and O–H groups in total. The highest BCUT2D eigenvalue weighted by molar-refractivity contribution is 7.13. The first-order valence-electron chi connectivity index (χ1n) is 7.46. The van der Waals surface area contributed by atoms with Gasteiger partial charge in [0.2, 0.25) is 0 Å². The maximum absolute atomic E-state index is 12.5. The summed E-state index contributed by atoms with van der Waals surface area (Å²) in [6.45, 7) is 6.35. The van der Waals surface area contributed by atoms with E-state index in [-0.39, 0.29) is 12.1 Å². The second kappa shape index (κ2) is 5.13. The summed E-state index contributed by atoms with van der Waals surface area (Å²) < 4.78 is 5.56. The van der Waals surface area contributed by atoms with E-state index in [1.807, 2.05) is 31.7 Å². The highest BCUT2D eigenvalue weighted by Gasteiger charge is 2.43. The van der Waals surface area contributed by atoms with Gasteiger partial charge in [-0.25, -0.2) is 4.79 Å². The van der Waals surface area contributed by atoms with Crippen molar-refractivity contribution in [3.8, 4) is 0 Å². The topological polar surface area (TPSA) is 46.6 Å². The average molecular weight is 307 g/mol. The summed E-state index contributed by atoms with van der Waals surface area (Å²) in [7, 11) is 0. The zero-order valence-electron chi connectivity index (χ0n) is 12.7. The van der Waals surface area contributed by atoms with Crippen LogP contribution in [0.3, 0.4) is 0 Å². The van der Waals surface area contributed by atoms with E-state index in [1.54, 1.807) is 0 Å². The van der Waals surface area contributed by atoms with Gasteiger partial charge in [0.15, 0.2) is 6.29 Å². The van der Waals surface area contributed by atoms with Crippen LogP contribution in [0.15, 0.2) is 6.07 Å². The Morgan fingerprint density at radius 3 is 2.71 bits per heavy atom. The van der Waals surface area contributed by atoms with E-state index >= 15 is 0 Å². The minimum Gasteiger partial charge on any atom is -0.444 e. The number of carbonyl (C=O) groups is 2. The van der Waals surface area contributed by atoms with Gasteiger partial charge in [0.1, 0.15) is 5.60 Å². The second-order valence-corrected chi connectivity index (χ2v) is 7.98. The van der Waals surface area contributed by atoms with Gasteiger partial charge in [-0.2, -0.15) is 0 Å². The molecule has 1 aromatic heterocycles. The number of fused-ring (bicyclic) bond motifs is 1. The second-order valence-electron chi connectivity index (χ2n) is 6.86. The Kier molecular flexibility index (Phi) is 3.56. The Balaban J connectivity index is 1.88. The van der Waals surface area contributed by atoms with Crippen LogP contribution in [0, 0.1) is 5.92 Å². The molecule has 1 amide bonds. The monoisotopic (exact) mass is 307 g/mol. The lowest BCUT2D eigenvalue weighted by atomic mass is 9.98. The fourth-order valence-electron chi connectivity index (χ4n) is 2.90. The molecule has 5 heteroatoms. The lowest BCUT2D eigenvalue weighted by Gasteiger charge is -2.36. The van der Waals surface area contributed by atoms with Crippen molar-refractivity contribution in [3.05, 3.63) is 21.4 Å². The van der Waals surface area contributed by atoms with Crippen molar-refractivity contribution in [3.63, 3.8) is 0 Å². The molecular weight excluding hydrogens is 286 g/mol. The molecule has 1 unspecified atom stereocenters. The van der Waals surface area contributed by atoms with Gasteiger partial charge in [0, 0.05) is 11.4 Å². The number of ether oxygens (including phenoxy) is 1. The summed E-state index contributed by atoms with van der Waals surface area (Å²) >= 11 is 1.53. The van der Waals surface area contributed by atoms with Gasteiger partial charge in [-0.05, 0) is 57.6 Å². The number of aldehydes is 1. The number of nitrogens with zero attached hydrogens (tertiary/aromatic N) is 1. The van der Waals surface area contributed by atoms with Crippen molar-refractivity contribution in [1.82, 2.24) is 4.90 Å². The van der Waals surface area contributed by atoms with Crippen LogP contribution in [0.1, 0.15) is 59.8 Å². The molecule has 4 nitrogen and oxygen atoms in total. The molecule has 21 heavy (non-hydrogen) atoms. The molecule has 3 rings (SSSR count). The molecule has 1 aliphatic carbocycles. The molecule has 0 saturated heterocycles. The summed E-state index contributed by atoms with van der Waals surface area (Å²) in [6.07, 6.45) is 3.79. The molecule has 2 aliphatic rings. The van der Waals surface area contributed by atoms with Gasteiger partial charge in [-0.3, -0.25) is 9.69 Å². The molecule has 0 aromatic carbocycles. The summed E-state index contributed by atoms with van der Waals surface area (Å²) in [6, 6.07) is 2.08. The number of hydrogen-bond donors (Lipinski definition) is 0. The van der Waals surface area contributed by atoms with E-state index in [2.05, 4.69) is 0 Å². The maximum Gasteiger partial charge on any atom is 0.410 e. The third-order valence-corrected chi connectivity index (χ3v) is 5.07. The quantitative estimate of drug-likeness (QED) is 0.781. The largest absolute Gasteiger partial charge is 0.444 e. The summed E-state index contributed by atoms with van der Waals surface area (Å²) in [5.41, 5.74) is 0.758. The van der Waals surface area contributed by atoms with Crippen LogP contribution in [-0.2, 0) is 11.2 Å². The Morgan fingerprint density at radius 2 is 2.14 bits per heavy atom. The van der Waals surface area contributed by atoms with Crippen molar-refractivity contribution in [1.29, 1.82) is 0 Å². The Morgan fingerprint density at radius 1 is 1.43 bits per heavy atom. The van der Waals surface area contributed by atoms with E-state index in [9.17, 15) is 9.59 Å². The lowest BCUT2D eigenvalue weighted by Crippen LogP contribution is -2.43. The van der Waals surface area contributed by atoms with E-state index in [1.165, 1.54) is 21.8 Å². The van der Waals surface area contributed by atoms with Gasteiger partial charge in [-0.1, -0.05) is 0 Å². The van der Waals surface area contributed by atoms with Crippen molar-refractivity contribution in [2.24, 2.45) is 5.92 Å². The van der Waals surface area contributed by atoms with Crippen LogP contribution in [0.5, 0.6) is 0 Å². The molecule has 1 aromatic rings. The van der Waals surface area contributed by atoms with Crippen LogP contribution in [0.25, 0.3) is 0 Å². The van der Waals surface area contributed by atoms with E-state index in [4.69, 9.17) is 4.74 Å². The smallest absolute Gasteiger partial charge is 0.410 e. The van der Waals surface area contributed by atoms with Gasteiger partial charge in [0.25, 0.3) is 0 Å². The van der Waals surface area contributed by atoms with Crippen molar-refractivity contribution < 1.29 is 14.3 Å². The van der Waals surface area contributed by atoms with Gasteiger partial charge in [0.05, 0.1) is 10.9 Å². The predicted molar refractivity (Wildman–Crippen MR) is 81.8 cm³/mol. The zero-order valence-corrected chi connectivity index (χ0v) is 13.5. The molecule has 0 spiro atoms. The summed E-state index contributed by atoms with van der Waals surface area (Å²) in [4.78, 5) is 27.3. The molecule has 0 bridgehead atoms. The van der Waals surface area contributed by atoms with Crippen molar-refractivity contribution >= 4 is 23.7 Å². The van der Waals surface area contributed by atoms with Crippen molar-refractivity contribution in [2.45, 2.75) is 51.7 Å². The van der Waals surface area contributed by atoms with E-state index < -0.39 is 5.60 Å². The minimum absolute atomic E-state index is 0.0994. The third kappa shape index (κ3) is 2.98. The number of carbonyl (C=O) groups excluding carboxylic acids is 2. The number of rotatable bonds is 2. The minimum atomic E-state index is -0.477. The molecule has 1 fully saturated rings. The lowest BCUT2D eigenvalue weighted by molar-refractivity contribution is 0.0122. The first kappa shape index (κ1) is 14.6. The SMILES string of the molecule is CC(C)(C)OC(=O)N1CCc2cc(C=O)sc2C1C1CC1. The highest BCUT2D eigenvalue weighted by atomic mass is 32.1. The van der Waals surface area contributed by atoms with Gasteiger partial charge in [-0.15, -0.1) is 11.3 Å². The fourth-order valence-corrected chi connectivity index (χ4v) is 4.13. The van der Waals surface area contributed by atoms with Crippen LogP contribution >= 0.6 is 11.3 Å². The molecule has 1 saturated carbocycles.